The highest BCUT2D eigenvalue weighted by Crippen LogP contribution is 2.48. The van der Waals surface area contributed by atoms with Crippen LogP contribution < -0.4 is 19.9 Å². The van der Waals surface area contributed by atoms with Crippen molar-refractivity contribution in [3.05, 3.63) is 22.8 Å². The third kappa shape index (κ3) is 2.14. The number of benzene rings is 1. The van der Waals surface area contributed by atoms with Crippen molar-refractivity contribution in [3.63, 3.8) is 0 Å². The molecule has 2 aliphatic rings. The van der Waals surface area contributed by atoms with E-state index in [2.05, 4.69) is 6.08 Å². The highest BCUT2D eigenvalue weighted by atomic mass is 16.5. The van der Waals surface area contributed by atoms with Crippen LogP contribution in [0.15, 0.2) is 6.08 Å². The van der Waals surface area contributed by atoms with Crippen LogP contribution in [0, 0.1) is 0 Å². The van der Waals surface area contributed by atoms with Crippen LogP contribution in [0.2, 0.25) is 0 Å². The quantitative estimate of drug-likeness (QED) is 0.919. The molecular weight excluding hydrogens is 254 g/mol. The Morgan fingerprint density at radius 1 is 1.10 bits per heavy atom. The molecule has 4 heteroatoms. The summed E-state index contributed by atoms with van der Waals surface area (Å²) in [6, 6.07) is 0. The average Bonchev–Trinajstić information content (AvgIpc) is 2.51. The van der Waals surface area contributed by atoms with E-state index in [0.29, 0.717) is 6.54 Å². The van der Waals surface area contributed by atoms with Crippen molar-refractivity contribution in [2.75, 3.05) is 26.9 Å². The summed E-state index contributed by atoms with van der Waals surface area (Å²) in [4.78, 5) is 0. The second-order valence-corrected chi connectivity index (χ2v) is 5.10. The lowest BCUT2D eigenvalue weighted by Crippen LogP contribution is -2.17. The Hall–Kier alpha value is -1.68. The number of hydrogen-bond acceptors (Lipinski definition) is 4. The zero-order chi connectivity index (χ0) is 13.9. The van der Waals surface area contributed by atoms with Crippen LogP contribution in [0.4, 0.5) is 0 Å². The molecule has 4 nitrogen and oxygen atoms in total. The number of hydrogen-bond donors (Lipinski definition) is 1. The summed E-state index contributed by atoms with van der Waals surface area (Å²) in [5, 5.41) is 0. The summed E-state index contributed by atoms with van der Waals surface area (Å²) in [6.45, 7) is 2.04. The van der Waals surface area contributed by atoms with Crippen LogP contribution >= 0.6 is 0 Å². The van der Waals surface area contributed by atoms with Gasteiger partial charge in [-0.3, -0.25) is 0 Å². The van der Waals surface area contributed by atoms with Crippen LogP contribution in [0.1, 0.15) is 29.5 Å². The standard InChI is InChI=1S/C16H21NO3/c1-18-15-13-7-4-9-19-14(13)11(5-2-8-17)12-6-3-10-20-16(12)15/h2,5H,3-4,6-10,17H2,1H3/b5-2+. The predicted octanol–water partition coefficient (Wildman–Crippen LogP) is 2.32. The molecule has 0 fully saturated rings. The minimum Gasteiger partial charge on any atom is -0.493 e. The van der Waals surface area contributed by atoms with Crippen molar-refractivity contribution in [1.82, 2.24) is 0 Å². The van der Waals surface area contributed by atoms with E-state index < -0.39 is 0 Å². The Balaban J connectivity index is 2.23. The van der Waals surface area contributed by atoms with E-state index in [1.165, 1.54) is 5.56 Å². The minimum absolute atomic E-state index is 0.524. The van der Waals surface area contributed by atoms with E-state index in [-0.39, 0.29) is 0 Å². The summed E-state index contributed by atoms with van der Waals surface area (Å²) in [5.41, 5.74) is 9.05. The molecule has 0 bridgehead atoms. The van der Waals surface area contributed by atoms with Crippen LogP contribution in [0.5, 0.6) is 17.2 Å². The molecule has 2 N–H and O–H groups in total. The maximum absolute atomic E-state index is 5.93. The molecule has 0 amide bonds. The first-order chi connectivity index (χ1) is 9.86. The van der Waals surface area contributed by atoms with Crippen LogP contribution in [0.3, 0.4) is 0 Å². The molecule has 0 aliphatic carbocycles. The largest absolute Gasteiger partial charge is 0.493 e. The number of rotatable bonds is 3. The number of fused-ring (bicyclic) bond motifs is 2. The SMILES string of the molecule is COc1c2c(c(/C=C/CN)c3c1OCCC3)OCCC2. The Bertz CT molecular complexity index is 500. The first kappa shape index (κ1) is 13.3. The molecule has 0 saturated heterocycles. The van der Waals surface area contributed by atoms with Gasteiger partial charge in [-0.1, -0.05) is 12.2 Å². The number of methoxy groups -OCH3 is 1. The molecule has 0 radical (unpaired) electrons. The topological polar surface area (TPSA) is 53.7 Å². The van der Waals surface area contributed by atoms with Gasteiger partial charge in [-0.15, -0.1) is 0 Å². The highest BCUT2D eigenvalue weighted by Gasteiger charge is 2.28. The van der Waals surface area contributed by atoms with E-state index in [1.807, 2.05) is 6.08 Å². The Morgan fingerprint density at radius 2 is 1.80 bits per heavy atom. The summed E-state index contributed by atoms with van der Waals surface area (Å²) in [5.74, 6) is 2.72. The van der Waals surface area contributed by atoms with Gasteiger partial charge in [0.05, 0.1) is 20.3 Å². The molecule has 2 heterocycles. The van der Waals surface area contributed by atoms with Crippen molar-refractivity contribution in [1.29, 1.82) is 0 Å². The zero-order valence-corrected chi connectivity index (χ0v) is 11.9. The highest BCUT2D eigenvalue weighted by molar-refractivity contribution is 5.73. The maximum atomic E-state index is 5.93. The molecule has 108 valence electrons. The van der Waals surface area contributed by atoms with Gasteiger partial charge in [0.2, 0.25) is 0 Å². The van der Waals surface area contributed by atoms with E-state index >= 15 is 0 Å². The van der Waals surface area contributed by atoms with Crippen molar-refractivity contribution < 1.29 is 14.2 Å². The first-order valence-electron chi connectivity index (χ1n) is 7.24. The zero-order valence-electron chi connectivity index (χ0n) is 11.9. The summed E-state index contributed by atoms with van der Waals surface area (Å²) >= 11 is 0. The molecule has 0 atom stereocenters. The molecule has 0 aromatic heterocycles. The fourth-order valence-electron chi connectivity index (χ4n) is 3.02. The molecule has 0 unspecified atom stereocenters. The van der Waals surface area contributed by atoms with Crippen LogP contribution in [-0.4, -0.2) is 26.9 Å². The Labute approximate surface area is 119 Å². The third-order valence-electron chi connectivity index (χ3n) is 3.86. The summed E-state index contributed by atoms with van der Waals surface area (Å²) < 4.78 is 17.4. The molecule has 20 heavy (non-hydrogen) atoms. The second kappa shape index (κ2) is 5.75. The van der Waals surface area contributed by atoms with Gasteiger partial charge < -0.3 is 19.9 Å². The van der Waals surface area contributed by atoms with Crippen molar-refractivity contribution >= 4 is 6.08 Å². The van der Waals surface area contributed by atoms with Gasteiger partial charge in [0, 0.05) is 23.2 Å². The summed E-state index contributed by atoms with van der Waals surface area (Å²) in [7, 11) is 1.71. The lowest BCUT2D eigenvalue weighted by atomic mass is 9.91. The molecule has 2 aliphatic heterocycles. The van der Waals surface area contributed by atoms with E-state index in [1.54, 1.807) is 7.11 Å². The van der Waals surface area contributed by atoms with Crippen molar-refractivity contribution in [2.45, 2.75) is 25.7 Å². The van der Waals surface area contributed by atoms with Gasteiger partial charge >= 0.3 is 0 Å². The Kier molecular flexibility index (Phi) is 3.83. The molecule has 0 spiro atoms. The molecule has 0 saturated carbocycles. The van der Waals surface area contributed by atoms with E-state index in [0.717, 1.165) is 67.3 Å². The normalized spacial score (nSPS) is 17.1. The first-order valence-corrected chi connectivity index (χ1v) is 7.24. The second-order valence-electron chi connectivity index (χ2n) is 5.10. The molecule has 1 aromatic carbocycles. The van der Waals surface area contributed by atoms with Gasteiger partial charge in [0.1, 0.15) is 5.75 Å². The lowest BCUT2D eigenvalue weighted by molar-refractivity contribution is 0.252. The fourth-order valence-corrected chi connectivity index (χ4v) is 3.02. The van der Waals surface area contributed by atoms with Crippen molar-refractivity contribution in [3.8, 4) is 17.2 Å². The Morgan fingerprint density at radius 3 is 2.50 bits per heavy atom. The predicted molar refractivity (Wildman–Crippen MR) is 78.7 cm³/mol. The van der Waals surface area contributed by atoms with E-state index in [9.17, 15) is 0 Å². The fraction of sp³-hybridized carbons (Fsp3) is 0.500. The third-order valence-corrected chi connectivity index (χ3v) is 3.86. The molecular formula is C16H21NO3. The van der Waals surface area contributed by atoms with Gasteiger partial charge in [0.25, 0.3) is 0 Å². The van der Waals surface area contributed by atoms with Gasteiger partial charge in [-0.05, 0) is 25.7 Å². The summed E-state index contributed by atoms with van der Waals surface area (Å²) in [6.07, 6.45) is 8.04. The smallest absolute Gasteiger partial charge is 0.167 e. The average molecular weight is 275 g/mol. The van der Waals surface area contributed by atoms with Crippen molar-refractivity contribution in [2.24, 2.45) is 5.73 Å². The minimum atomic E-state index is 0.524. The molecule has 3 rings (SSSR count). The van der Waals surface area contributed by atoms with Gasteiger partial charge in [0.15, 0.2) is 11.5 Å². The maximum Gasteiger partial charge on any atom is 0.167 e. The van der Waals surface area contributed by atoms with Gasteiger partial charge in [-0.25, -0.2) is 0 Å². The van der Waals surface area contributed by atoms with Crippen LogP contribution in [0.25, 0.3) is 6.08 Å². The molecule has 1 aromatic rings. The van der Waals surface area contributed by atoms with E-state index in [4.69, 9.17) is 19.9 Å². The monoisotopic (exact) mass is 275 g/mol. The number of nitrogens with two attached hydrogens (primary N) is 1. The lowest BCUT2D eigenvalue weighted by Gasteiger charge is -2.29. The van der Waals surface area contributed by atoms with Crippen LogP contribution in [-0.2, 0) is 12.8 Å². The van der Waals surface area contributed by atoms with Gasteiger partial charge in [-0.2, -0.15) is 0 Å². The number of ether oxygens (including phenoxy) is 3.